The summed E-state index contributed by atoms with van der Waals surface area (Å²) in [7, 11) is -1.87. The Morgan fingerprint density at radius 3 is 2.64 bits per heavy atom. The molecule has 4 aromatic rings. The van der Waals surface area contributed by atoms with Gasteiger partial charge >= 0.3 is 5.97 Å². The zero-order valence-electron chi connectivity index (χ0n) is 26.1. The van der Waals surface area contributed by atoms with Gasteiger partial charge in [-0.15, -0.1) is 0 Å². The third-order valence-electron chi connectivity index (χ3n) is 9.37. The summed E-state index contributed by atoms with van der Waals surface area (Å²) in [5.41, 5.74) is 3.80. The van der Waals surface area contributed by atoms with E-state index < -0.39 is 26.5 Å². The lowest BCUT2D eigenvalue weighted by molar-refractivity contribution is -0.139. The second kappa shape index (κ2) is 12.0. The summed E-state index contributed by atoms with van der Waals surface area (Å²) >= 11 is 13.6. The molecule has 9 nitrogen and oxygen atoms in total. The van der Waals surface area contributed by atoms with Gasteiger partial charge in [0.05, 0.1) is 47.9 Å². The topological polar surface area (TPSA) is 94.6 Å². The van der Waals surface area contributed by atoms with E-state index in [9.17, 15) is 14.3 Å². The maximum atomic E-state index is 14.1. The maximum absolute atomic E-state index is 14.1. The van der Waals surface area contributed by atoms with E-state index in [1.165, 1.54) is 11.0 Å². The highest BCUT2D eigenvalue weighted by molar-refractivity contribution is 6.74. The summed E-state index contributed by atoms with van der Waals surface area (Å²) in [4.78, 5) is 19.0. The Labute approximate surface area is 273 Å². The van der Waals surface area contributed by atoms with Gasteiger partial charge in [0.2, 0.25) is 0 Å². The van der Waals surface area contributed by atoms with Gasteiger partial charge < -0.3 is 23.7 Å². The summed E-state index contributed by atoms with van der Waals surface area (Å²) < 4.78 is 29.5. The second-order valence-electron chi connectivity index (χ2n) is 13.4. The lowest BCUT2D eigenvalue weighted by atomic mass is 10.0. The Morgan fingerprint density at radius 1 is 1.22 bits per heavy atom. The number of aliphatic carboxylic acids is 1. The maximum Gasteiger partial charge on any atom is 0.334 e. The van der Waals surface area contributed by atoms with Crippen LogP contribution in [0.2, 0.25) is 28.2 Å². The van der Waals surface area contributed by atoms with Gasteiger partial charge in [0.1, 0.15) is 11.7 Å². The summed E-state index contributed by atoms with van der Waals surface area (Å²) in [5.74, 6) is -1.16. The zero-order valence-corrected chi connectivity index (χ0v) is 28.6. The van der Waals surface area contributed by atoms with Crippen molar-refractivity contribution in [1.29, 1.82) is 0 Å². The molecular weight excluding hydrogens is 636 g/mol. The molecule has 1 N–H and O–H groups in total. The van der Waals surface area contributed by atoms with E-state index in [2.05, 4.69) is 61.0 Å². The molecule has 0 saturated carbocycles. The van der Waals surface area contributed by atoms with Crippen LogP contribution in [0.25, 0.3) is 22.0 Å². The van der Waals surface area contributed by atoms with Crippen LogP contribution in [0.4, 0.5) is 10.1 Å². The molecular formula is C32H38Cl2FN5O4Si. The molecule has 3 atom stereocenters. The van der Waals surface area contributed by atoms with E-state index >= 15 is 0 Å². The number of anilines is 1. The predicted octanol–water partition coefficient (Wildman–Crippen LogP) is 7.00. The quantitative estimate of drug-likeness (QED) is 0.201. The number of halogens is 3. The van der Waals surface area contributed by atoms with Crippen LogP contribution >= 0.6 is 23.2 Å². The first-order valence-corrected chi connectivity index (χ1v) is 18.8. The van der Waals surface area contributed by atoms with Gasteiger partial charge in [-0.25, -0.2) is 14.2 Å². The van der Waals surface area contributed by atoms with E-state index in [0.717, 1.165) is 24.3 Å². The van der Waals surface area contributed by atoms with Crippen LogP contribution in [-0.2, 0) is 26.9 Å². The van der Waals surface area contributed by atoms with Crippen molar-refractivity contribution in [3.05, 3.63) is 64.3 Å². The van der Waals surface area contributed by atoms with Crippen molar-refractivity contribution in [3.63, 3.8) is 0 Å². The summed E-state index contributed by atoms with van der Waals surface area (Å²) in [6.45, 7) is 14.1. The molecule has 2 unspecified atom stereocenters. The van der Waals surface area contributed by atoms with Gasteiger partial charge in [0.25, 0.3) is 0 Å². The number of carboxylic acid groups (broad SMARTS) is 1. The molecule has 2 aromatic heterocycles. The third kappa shape index (κ3) is 6.13. The lowest BCUT2D eigenvalue weighted by Crippen LogP contribution is -2.48. The smallest absolute Gasteiger partial charge is 0.334 e. The van der Waals surface area contributed by atoms with Gasteiger partial charge in [-0.2, -0.15) is 5.10 Å². The van der Waals surface area contributed by atoms with Crippen molar-refractivity contribution in [3.8, 4) is 11.1 Å². The second-order valence-corrected chi connectivity index (χ2v) is 19.0. The number of aromatic nitrogens is 4. The predicted molar refractivity (Wildman–Crippen MR) is 177 cm³/mol. The number of imidazole rings is 1. The number of nitrogens with zero attached hydrogens (tertiary/aromatic N) is 5. The third-order valence-corrected chi connectivity index (χ3v) is 14.6. The van der Waals surface area contributed by atoms with Crippen molar-refractivity contribution in [2.24, 2.45) is 0 Å². The van der Waals surface area contributed by atoms with Crippen LogP contribution < -0.4 is 4.90 Å². The molecule has 240 valence electrons. The van der Waals surface area contributed by atoms with E-state index in [1.54, 1.807) is 16.8 Å². The fraction of sp³-hybridized carbons (Fsp3) is 0.469. The number of hydrogen-bond donors (Lipinski definition) is 1. The Balaban J connectivity index is 1.23. The number of ether oxygens (including phenoxy) is 1. The highest BCUT2D eigenvalue weighted by atomic mass is 35.5. The molecule has 0 aliphatic carbocycles. The molecule has 45 heavy (non-hydrogen) atoms. The van der Waals surface area contributed by atoms with Gasteiger partial charge in [0.15, 0.2) is 14.4 Å². The first-order chi connectivity index (χ1) is 21.2. The van der Waals surface area contributed by atoms with Gasteiger partial charge in [0, 0.05) is 48.0 Å². The van der Waals surface area contributed by atoms with Crippen LogP contribution in [0.3, 0.4) is 0 Å². The summed E-state index contributed by atoms with van der Waals surface area (Å²) in [6.07, 6.45) is 2.07. The molecule has 6 rings (SSSR count). The largest absolute Gasteiger partial charge is 0.479 e. The van der Waals surface area contributed by atoms with Crippen molar-refractivity contribution in [2.75, 3.05) is 31.2 Å². The van der Waals surface area contributed by atoms with Gasteiger partial charge in [-0.1, -0.05) is 56.1 Å². The minimum atomic E-state index is -1.87. The van der Waals surface area contributed by atoms with Crippen molar-refractivity contribution in [1.82, 2.24) is 19.3 Å². The molecule has 2 aliphatic heterocycles. The Morgan fingerprint density at radius 2 is 1.96 bits per heavy atom. The average molecular weight is 675 g/mol. The molecule has 4 heterocycles. The highest BCUT2D eigenvalue weighted by Gasteiger charge is 2.38. The number of rotatable bonds is 8. The van der Waals surface area contributed by atoms with Crippen LogP contribution in [0.15, 0.2) is 42.9 Å². The molecule has 0 bridgehead atoms. The van der Waals surface area contributed by atoms with E-state index in [1.807, 2.05) is 12.1 Å². The molecule has 2 aromatic carbocycles. The Bertz CT molecular complexity index is 1740. The van der Waals surface area contributed by atoms with E-state index in [4.69, 9.17) is 32.4 Å². The fourth-order valence-corrected chi connectivity index (χ4v) is 7.35. The number of fused-ring (bicyclic) bond motifs is 2. The minimum Gasteiger partial charge on any atom is -0.479 e. The molecule has 2 aliphatic rings. The molecule has 13 heteroatoms. The number of morpholine rings is 1. The fourth-order valence-electron chi connectivity index (χ4n) is 5.76. The van der Waals surface area contributed by atoms with Crippen molar-refractivity contribution < 1.29 is 23.5 Å². The molecule has 0 amide bonds. The van der Waals surface area contributed by atoms with E-state index in [-0.39, 0.29) is 29.8 Å². The van der Waals surface area contributed by atoms with E-state index in [0.29, 0.717) is 45.4 Å². The first-order valence-electron chi connectivity index (χ1n) is 15.1. The molecule has 1 fully saturated rings. The monoisotopic (exact) mass is 673 g/mol. The highest BCUT2D eigenvalue weighted by Crippen LogP contribution is 2.40. The van der Waals surface area contributed by atoms with Gasteiger partial charge in [-0.3, -0.25) is 4.68 Å². The Kier molecular flexibility index (Phi) is 8.53. The normalized spacial score (nSPS) is 19.7. The number of hydrogen-bond acceptors (Lipinski definition) is 6. The summed E-state index contributed by atoms with van der Waals surface area (Å²) in [5, 5.41) is 16.1. The van der Waals surface area contributed by atoms with Crippen molar-refractivity contribution in [2.45, 2.75) is 70.2 Å². The van der Waals surface area contributed by atoms with Crippen LogP contribution in [0.5, 0.6) is 0 Å². The molecule has 0 spiro atoms. The summed E-state index contributed by atoms with van der Waals surface area (Å²) in [6, 6.07) is 8.61. The standard InChI is InChI=1S/C32H38Cl2FN5O4Si/c1-32(2,3)45(4,5)44-17-22-15-38(10-11-43-22)21-8-6-19(7-9-21)23-13-25(33)24-16-40(37-28(24)27(23)34)30(31(41)42)29-26-12-20(35)14-39(26)18-36-29/h6-9,13,16,18,20,22,30H,10-12,14-15,17H2,1-5H3,(H,41,42)/t20-,22?,30?/m1/s1. The average Bonchev–Trinajstić information content (AvgIpc) is 3.69. The SMILES string of the molecule is CC(C)(C)[Si](C)(C)OCC1CN(c2ccc(-c3cc(Cl)c4cn(C(C(=O)O)c5ncn6c5C[C@@H](F)C6)nc4c3Cl)cc2)CCO1. The molecule has 0 radical (unpaired) electrons. The van der Waals surface area contributed by atoms with Crippen molar-refractivity contribution >= 4 is 54.1 Å². The van der Waals surface area contributed by atoms with Crippen LogP contribution in [0.1, 0.15) is 38.2 Å². The molecule has 1 saturated heterocycles. The number of benzene rings is 2. The van der Waals surface area contributed by atoms with Crippen LogP contribution in [0, 0.1) is 0 Å². The van der Waals surface area contributed by atoms with Crippen LogP contribution in [-0.4, -0.2) is 77.3 Å². The number of carbonyl (C=O) groups is 1. The van der Waals surface area contributed by atoms with Gasteiger partial charge in [-0.05, 0) is 41.9 Å². The Hall–Kier alpha value is -2.96. The lowest BCUT2D eigenvalue weighted by Gasteiger charge is -2.39. The minimum absolute atomic E-state index is 0.00502. The zero-order chi connectivity index (χ0) is 32.3. The number of alkyl halides is 1. The number of carboxylic acids is 1. The first kappa shape index (κ1) is 32.0.